The van der Waals surface area contributed by atoms with Crippen LogP contribution in [0.15, 0.2) is 0 Å². The first-order chi connectivity index (χ1) is 9.21. The molecule has 0 bridgehead atoms. The molecule has 0 radical (unpaired) electrons. The van der Waals surface area contributed by atoms with E-state index in [0.29, 0.717) is 12.5 Å². The molecule has 1 aliphatic rings. The van der Waals surface area contributed by atoms with Gasteiger partial charge in [0, 0.05) is 32.1 Å². The Balaban J connectivity index is 2.12. The zero-order valence-electron chi connectivity index (χ0n) is 13.1. The number of carbonyl (C=O) groups excluding carboxylic acids is 1. The standard InChI is InChI=1S/C16H32N2O/c1-4-7-14-8-10-15(11-9-14)17-13-12-16(19)18(5-2)6-3/h14-15,17H,4-13H2,1-3H3. The molecular weight excluding hydrogens is 236 g/mol. The van der Waals surface area contributed by atoms with E-state index in [9.17, 15) is 4.79 Å². The fraction of sp³-hybridized carbons (Fsp3) is 0.938. The molecule has 0 atom stereocenters. The molecule has 1 fully saturated rings. The predicted octanol–water partition coefficient (Wildman–Crippen LogP) is 3.19. The summed E-state index contributed by atoms with van der Waals surface area (Å²) in [7, 11) is 0. The van der Waals surface area contributed by atoms with Crippen molar-refractivity contribution in [3.8, 4) is 0 Å². The molecule has 1 amide bonds. The summed E-state index contributed by atoms with van der Waals surface area (Å²) >= 11 is 0. The number of amides is 1. The second kappa shape index (κ2) is 9.35. The lowest BCUT2D eigenvalue weighted by molar-refractivity contribution is -0.130. The van der Waals surface area contributed by atoms with E-state index in [0.717, 1.165) is 25.6 Å². The molecule has 0 aromatic carbocycles. The molecule has 0 heterocycles. The van der Waals surface area contributed by atoms with Crippen molar-refractivity contribution in [2.45, 2.75) is 71.8 Å². The average molecular weight is 268 g/mol. The summed E-state index contributed by atoms with van der Waals surface area (Å²) < 4.78 is 0. The van der Waals surface area contributed by atoms with Gasteiger partial charge in [-0.25, -0.2) is 0 Å². The highest BCUT2D eigenvalue weighted by Gasteiger charge is 2.20. The van der Waals surface area contributed by atoms with Crippen LogP contribution < -0.4 is 5.32 Å². The maximum atomic E-state index is 11.9. The Bertz CT molecular complexity index is 243. The second-order valence-electron chi connectivity index (χ2n) is 5.78. The van der Waals surface area contributed by atoms with Crippen molar-refractivity contribution in [3.63, 3.8) is 0 Å². The van der Waals surface area contributed by atoms with Crippen molar-refractivity contribution in [3.05, 3.63) is 0 Å². The first kappa shape index (κ1) is 16.5. The van der Waals surface area contributed by atoms with E-state index in [1.165, 1.54) is 38.5 Å². The molecule has 0 saturated heterocycles. The highest BCUT2D eigenvalue weighted by molar-refractivity contribution is 5.76. The summed E-state index contributed by atoms with van der Waals surface area (Å²) in [5.74, 6) is 1.25. The third-order valence-electron chi connectivity index (χ3n) is 4.43. The summed E-state index contributed by atoms with van der Waals surface area (Å²) in [4.78, 5) is 13.8. The third-order valence-corrected chi connectivity index (χ3v) is 4.43. The minimum absolute atomic E-state index is 0.289. The van der Waals surface area contributed by atoms with E-state index < -0.39 is 0 Å². The molecule has 0 spiro atoms. The quantitative estimate of drug-likeness (QED) is 0.733. The second-order valence-corrected chi connectivity index (χ2v) is 5.78. The van der Waals surface area contributed by atoms with Gasteiger partial charge in [0.2, 0.25) is 5.91 Å². The van der Waals surface area contributed by atoms with Gasteiger partial charge in [0.15, 0.2) is 0 Å². The van der Waals surface area contributed by atoms with E-state index in [2.05, 4.69) is 12.2 Å². The van der Waals surface area contributed by atoms with Gasteiger partial charge >= 0.3 is 0 Å². The van der Waals surface area contributed by atoms with E-state index in [1.807, 2.05) is 18.7 Å². The Morgan fingerprint density at radius 3 is 2.26 bits per heavy atom. The van der Waals surface area contributed by atoms with Gasteiger partial charge in [-0.05, 0) is 45.4 Å². The summed E-state index contributed by atoms with van der Waals surface area (Å²) in [6.45, 7) is 8.88. The fourth-order valence-electron chi connectivity index (χ4n) is 3.18. The number of nitrogens with one attached hydrogen (secondary N) is 1. The number of nitrogens with zero attached hydrogens (tertiary/aromatic N) is 1. The lowest BCUT2D eigenvalue weighted by atomic mass is 9.83. The number of rotatable bonds is 8. The normalized spacial score (nSPS) is 23.3. The van der Waals surface area contributed by atoms with Gasteiger partial charge < -0.3 is 10.2 Å². The van der Waals surface area contributed by atoms with Crippen LogP contribution in [0.2, 0.25) is 0 Å². The molecular formula is C16H32N2O. The monoisotopic (exact) mass is 268 g/mol. The summed E-state index contributed by atoms with van der Waals surface area (Å²) in [6.07, 6.45) is 8.70. The van der Waals surface area contributed by atoms with Crippen LogP contribution in [0, 0.1) is 5.92 Å². The van der Waals surface area contributed by atoms with Gasteiger partial charge in [-0.1, -0.05) is 19.8 Å². The smallest absolute Gasteiger partial charge is 0.223 e. The predicted molar refractivity (Wildman–Crippen MR) is 81.2 cm³/mol. The first-order valence-corrected chi connectivity index (χ1v) is 8.22. The van der Waals surface area contributed by atoms with E-state index >= 15 is 0 Å². The van der Waals surface area contributed by atoms with Gasteiger partial charge in [0.1, 0.15) is 0 Å². The first-order valence-electron chi connectivity index (χ1n) is 8.22. The summed E-state index contributed by atoms with van der Waals surface area (Å²) in [6, 6.07) is 0.651. The van der Waals surface area contributed by atoms with Crippen LogP contribution in [0.25, 0.3) is 0 Å². The Kier molecular flexibility index (Phi) is 8.11. The minimum atomic E-state index is 0.289. The van der Waals surface area contributed by atoms with Crippen molar-refractivity contribution in [1.82, 2.24) is 10.2 Å². The van der Waals surface area contributed by atoms with Crippen molar-refractivity contribution >= 4 is 5.91 Å². The largest absolute Gasteiger partial charge is 0.343 e. The van der Waals surface area contributed by atoms with Crippen molar-refractivity contribution < 1.29 is 4.79 Å². The lowest BCUT2D eigenvalue weighted by Gasteiger charge is -2.29. The molecule has 1 rings (SSSR count). The molecule has 19 heavy (non-hydrogen) atoms. The number of hydrogen-bond acceptors (Lipinski definition) is 2. The Morgan fingerprint density at radius 1 is 1.11 bits per heavy atom. The zero-order chi connectivity index (χ0) is 14.1. The molecule has 0 unspecified atom stereocenters. The van der Waals surface area contributed by atoms with E-state index in [1.54, 1.807) is 0 Å². The average Bonchev–Trinajstić information content (AvgIpc) is 2.42. The third kappa shape index (κ3) is 5.94. The van der Waals surface area contributed by atoms with Crippen LogP contribution >= 0.6 is 0 Å². The maximum Gasteiger partial charge on any atom is 0.223 e. The molecule has 1 saturated carbocycles. The number of carbonyl (C=O) groups is 1. The molecule has 3 nitrogen and oxygen atoms in total. The molecule has 0 aromatic heterocycles. The molecule has 1 N–H and O–H groups in total. The Morgan fingerprint density at radius 2 is 1.74 bits per heavy atom. The van der Waals surface area contributed by atoms with E-state index in [-0.39, 0.29) is 5.91 Å². The molecule has 0 aromatic rings. The van der Waals surface area contributed by atoms with Gasteiger partial charge in [-0.2, -0.15) is 0 Å². The molecule has 1 aliphatic carbocycles. The summed E-state index contributed by atoms with van der Waals surface area (Å²) in [5, 5.41) is 3.57. The van der Waals surface area contributed by atoms with Crippen LogP contribution in [0.4, 0.5) is 0 Å². The highest BCUT2D eigenvalue weighted by atomic mass is 16.2. The molecule has 3 heteroatoms. The van der Waals surface area contributed by atoms with Crippen molar-refractivity contribution in [2.75, 3.05) is 19.6 Å². The molecule has 112 valence electrons. The van der Waals surface area contributed by atoms with Crippen LogP contribution in [-0.4, -0.2) is 36.5 Å². The van der Waals surface area contributed by atoms with E-state index in [4.69, 9.17) is 0 Å². The van der Waals surface area contributed by atoms with Gasteiger partial charge in [-0.3, -0.25) is 4.79 Å². The highest BCUT2D eigenvalue weighted by Crippen LogP contribution is 2.27. The van der Waals surface area contributed by atoms with Gasteiger partial charge in [0.25, 0.3) is 0 Å². The Labute approximate surface area is 119 Å². The SMILES string of the molecule is CCCC1CCC(NCCC(=O)N(CC)CC)CC1. The zero-order valence-corrected chi connectivity index (χ0v) is 13.1. The minimum Gasteiger partial charge on any atom is -0.343 e. The van der Waals surface area contributed by atoms with Crippen molar-refractivity contribution in [1.29, 1.82) is 0 Å². The van der Waals surface area contributed by atoms with Crippen LogP contribution in [-0.2, 0) is 4.79 Å². The van der Waals surface area contributed by atoms with Crippen LogP contribution in [0.3, 0.4) is 0 Å². The topological polar surface area (TPSA) is 32.3 Å². The molecule has 0 aliphatic heterocycles. The van der Waals surface area contributed by atoms with Crippen LogP contribution in [0.1, 0.15) is 65.7 Å². The maximum absolute atomic E-state index is 11.9. The summed E-state index contributed by atoms with van der Waals surface area (Å²) in [5.41, 5.74) is 0. The Hall–Kier alpha value is -0.570. The van der Waals surface area contributed by atoms with Crippen LogP contribution in [0.5, 0.6) is 0 Å². The fourth-order valence-corrected chi connectivity index (χ4v) is 3.18. The number of hydrogen-bond donors (Lipinski definition) is 1. The van der Waals surface area contributed by atoms with Gasteiger partial charge in [0.05, 0.1) is 0 Å². The van der Waals surface area contributed by atoms with Crippen molar-refractivity contribution in [2.24, 2.45) is 5.92 Å². The lowest BCUT2D eigenvalue weighted by Crippen LogP contribution is -2.37. The van der Waals surface area contributed by atoms with Gasteiger partial charge in [-0.15, -0.1) is 0 Å².